The van der Waals surface area contributed by atoms with E-state index in [1.807, 2.05) is 45.0 Å². The quantitative estimate of drug-likeness (QED) is 0.626. The summed E-state index contributed by atoms with van der Waals surface area (Å²) in [5.74, 6) is -0.362. The molecule has 0 aromatic heterocycles. The van der Waals surface area contributed by atoms with E-state index in [2.05, 4.69) is 10.0 Å². The zero-order valence-corrected chi connectivity index (χ0v) is 17.7. The van der Waals surface area contributed by atoms with Crippen LogP contribution in [0.5, 0.6) is 0 Å². The second-order valence-electron chi connectivity index (χ2n) is 7.16. The monoisotopic (exact) mass is 408 g/mol. The lowest BCUT2D eigenvalue weighted by atomic mass is 10.1. The third-order valence-corrected chi connectivity index (χ3v) is 6.37. The van der Waals surface area contributed by atoms with E-state index < -0.39 is 10.0 Å². The van der Waals surface area contributed by atoms with Gasteiger partial charge in [0.1, 0.15) is 0 Å². The molecule has 2 N–H and O–H groups in total. The molecular formula is C23H24N2O3S. The summed E-state index contributed by atoms with van der Waals surface area (Å²) < 4.78 is 28.7. The van der Waals surface area contributed by atoms with Crippen molar-refractivity contribution in [1.29, 1.82) is 0 Å². The molecule has 1 amide bonds. The fraction of sp³-hybridized carbons (Fsp3) is 0.174. The Bertz CT molecular complexity index is 1180. The first-order chi connectivity index (χ1) is 13.7. The first kappa shape index (κ1) is 20.6. The number of rotatable bonds is 5. The summed E-state index contributed by atoms with van der Waals surface area (Å²) >= 11 is 0. The molecular weight excluding hydrogens is 384 g/mol. The highest BCUT2D eigenvalue weighted by Gasteiger charge is 2.20. The van der Waals surface area contributed by atoms with Crippen molar-refractivity contribution in [2.45, 2.75) is 32.6 Å². The van der Waals surface area contributed by atoms with Crippen LogP contribution in [0.4, 0.5) is 11.4 Å². The molecule has 0 unspecified atom stereocenters. The van der Waals surface area contributed by atoms with E-state index in [-0.39, 0.29) is 16.4 Å². The molecule has 3 aromatic rings. The van der Waals surface area contributed by atoms with Gasteiger partial charge in [0.2, 0.25) is 0 Å². The molecule has 3 aromatic carbocycles. The maximum absolute atomic E-state index is 13.0. The second kappa shape index (κ2) is 8.09. The van der Waals surface area contributed by atoms with Crippen LogP contribution < -0.4 is 10.0 Å². The van der Waals surface area contributed by atoms with Crippen molar-refractivity contribution in [2.75, 3.05) is 10.0 Å². The van der Waals surface area contributed by atoms with Gasteiger partial charge in [-0.2, -0.15) is 0 Å². The summed E-state index contributed by atoms with van der Waals surface area (Å²) in [4.78, 5) is 12.7. The Morgan fingerprint density at radius 1 is 0.828 bits per heavy atom. The molecule has 0 saturated carbocycles. The van der Waals surface area contributed by atoms with Gasteiger partial charge >= 0.3 is 0 Å². The molecule has 5 nitrogen and oxygen atoms in total. The van der Waals surface area contributed by atoms with Gasteiger partial charge in [-0.25, -0.2) is 8.42 Å². The Kier molecular flexibility index (Phi) is 5.75. The highest BCUT2D eigenvalue weighted by Crippen LogP contribution is 2.25. The van der Waals surface area contributed by atoms with Crippen molar-refractivity contribution in [2.24, 2.45) is 0 Å². The minimum atomic E-state index is -3.85. The largest absolute Gasteiger partial charge is 0.322 e. The van der Waals surface area contributed by atoms with Crippen molar-refractivity contribution in [3.05, 3.63) is 88.5 Å². The lowest BCUT2D eigenvalue weighted by Crippen LogP contribution is -2.17. The summed E-state index contributed by atoms with van der Waals surface area (Å²) in [7, 11) is -3.85. The minimum Gasteiger partial charge on any atom is -0.322 e. The Balaban J connectivity index is 1.91. The van der Waals surface area contributed by atoms with Crippen molar-refractivity contribution < 1.29 is 13.2 Å². The fourth-order valence-corrected chi connectivity index (χ4v) is 4.41. The second-order valence-corrected chi connectivity index (χ2v) is 8.81. The Morgan fingerprint density at radius 2 is 1.55 bits per heavy atom. The highest BCUT2D eigenvalue weighted by atomic mass is 32.2. The molecule has 0 spiro atoms. The van der Waals surface area contributed by atoms with E-state index in [0.717, 1.165) is 16.7 Å². The first-order valence-electron chi connectivity index (χ1n) is 9.25. The van der Waals surface area contributed by atoms with E-state index >= 15 is 0 Å². The number of benzene rings is 3. The van der Waals surface area contributed by atoms with Gasteiger partial charge in [0, 0.05) is 11.3 Å². The minimum absolute atomic E-state index is 0.0790. The summed E-state index contributed by atoms with van der Waals surface area (Å²) in [5, 5.41) is 2.81. The van der Waals surface area contributed by atoms with E-state index in [0.29, 0.717) is 16.9 Å². The summed E-state index contributed by atoms with van der Waals surface area (Å²) in [6.45, 7) is 7.44. The SMILES string of the molecule is Cc1cccc(NC(=O)c2ccc(C)c(S(=O)(=O)Nc3cccc(C)c3C)c2)c1. The molecule has 0 fully saturated rings. The first-order valence-corrected chi connectivity index (χ1v) is 10.7. The van der Waals surface area contributed by atoms with Gasteiger partial charge in [0.05, 0.1) is 10.6 Å². The van der Waals surface area contributed by atoms with Crippen molar-refractivity contribution >= 4 is 27.3 Å². The molecule has 0 atom stereocenters. The van der Waals surface area contributed by atoms with Crippen molar-refractivity contribution in [3.63, 3.8) is 0 Å². The number of carbonyl (C=O) groups is 1. The number of anilines is 2. The molecule has 0 saturated heterocycles. The zero-order chi connectivity index (χ0) is 21.2. The number of hydrogen-bond acceptors (Lipinski definition) is 3. The third kappa shape index (κ3) is 4.66. The predicted octanol–water partition coefficient (Wildman–Crippen LogP) is 4.97. The molecule has 150 valence electrons. The lowest BCUT2D eigenvalue weighted by Gasteiger charge is -2.14. The molecule has 0 aliphatic rings. The zero-order valence-electron chi connectivity index (χ0n) is 16.9. The summed E-state index contributed by atoms with van der Waals surface area (Å²) in [6.07, 6.45) is 0. The number of aryl methyl sites for hydroxylation is 3. The Labute approximate surface area is 171 Å². The number of nitrogens with one attached hydrogen (secondary N) is 2. The van der Waals surface area contributed by atoms with Gasteiger partial charge in [-0.15, -0.1) is 0 Å². The average Bonchev–Trinajstić information content (AvgIpc) is 2.65. The van der Waals surface area contributed by atoms with Crippen LogP contribution in [-0.4, -0.2) is 14.3 Å². The van der Waals surface area contributed by atoms with Crippen LogP contribution >= 0.6 is 0 Å². The van der Waals surface area contributed by atoms with Crippen LogP contribution in [-0.2, 0) is 10.0 Å². The number of hydrogen-bond donors (Lipinski definition) is 2. The third-order valence-electron chi connectivity index (χ3n) is 4.86. The number of sulfonamides is 1. The van der Waals surface area contributed by atoms with E-state index in [9.17, 15) is 13.2 Å². The predicted molar refractivity (Wildman–Crippen MR) is 117 cm³/mol. The molecule has 0 bridgehead atoms. The van der Waals surface area contributed by atoms with Crippen LogP contribution in [0.1, 0.15) is 32.6 Å². The van der Waals surface area contributed by atoms with E-state index in [4.69, 9.17) is 0 Å². The maximum Gasteiger partial charge on any atom is 0.262 e. The smallest absolute Gasteiger partial charge is 0.262 e. The van der Waals surface area contributed by atoms with Gasteiger partial charge in [0.25, 0.3) is 15.9 Å². The van der Waals surface area contributed by atoms with Crippen LogP contribution in [0.15, 0.2) is 65.6 Å². The fourth-order valence-electron chi connectivity index (χ4n) is 3.02. The Hall–Kier alpha value is -3.12. The van der Waals surface area contributed by atoms with Crippen LogP contribution in [0.25, 0.3) is 0 Å². The van der Waals surface area contributed by atoms with E-state index in [1.54, 1.807) is 37.3 Å². The lowest BCUT2D eigenvalue weighted by molar-refractivity contribution is 0.102. The van der Waals surface area contributed by atoms with Crippen LogP contribution in [0.2, 0.25) is 0 Å². The molecule has 3 rings (SSSR count). The summed E-state index contributed by atoms with van der Waals surface area (Å²) in [6, 6.07) is 17.6. The van der Waals surface area contributed by atoms with E-state index in [1.165, 1.54) is 6.07 Å². The average molecular weight is 409 g/mol. The topological polar surface area (TPSA) is 75.3 Å². The Morgan fingerprint density at radius 3 is 2.28 bits per heavy atom. The van der Waals surface area contributed by atoms with Gasteiger partial charge in [-0.1, -0.05) is 30.3 Å². The standard InChI is InChI=1S/C23H24N2O3S/c1-15-7-5-9-20(13-15)24-23(26)19-12-11-17(3)22(14-19)29(27,28)25-21-10-6-8-16(2)18(21)4/h5-14,25H,1-4H3,(H,24,26). The van der Waals surface area contributed by atoms with Crippen molar-refractivity contribution in [1.82, 2.24) is 0 Å². The molecule has 6 heteroatoms. The normalized spacial score (nSPS) is 11.2. The van der Waals surface area contributed by atoms with Gasteiger partial charge in [0.15, 0.2) is 0 Å². The highest BCUT2D eigenvalue weighted by molar-refractivity contribution is 7.92. The number of carbonyl (C=O) groups excluding carboxylic acids is 1. The van der Waals surface area contributed by atoms with Crippen LogP contribution in [0.3, 0.4) is 0 Å². The molecule has 0 heterocycles. The van der Waals surface area contributed by atoms with Gasteiger partial charge in [-0.3, -0.25) is 9.52 Å². The maximum atomic E-state index is 13.0. The molecule has 29 heavy (non-hydrogen) atoms. The van der Waals surface area contributed by atoms with Gasteiger partial charge in [-0.05, 0) is 80.3 Å². The molecule has 0 aliphatic carbocycles. The molecule has 0 radical (unpaired) electrons. The van der Waals surface area contributed by atoms with Crippen molar-refractivity contribution in [3.8, 4) is 0 Å². The summed E-state index contributed by atoms with van der Waals surface area (Å²) in [5.41, 5.74) is 4.91. The molecule has 0 aliphatic heterocycles. The van der Waals surface area contributed by atoms with Crippen LogP contribution in [0, 0.1) is 27.7 Å². The number of amides is 1. The van der Waals surface area contributed by atoms with Gasteiger partial charge < -0.3 is 5.32 Å².